The SMILES string of the molecule is Cc1cc([C@H]2CCCCCN2C(=O)C2CCCCC2)on1. The van der Waals surface area contributed by atoms with Crippen LogP contribution in [0.5, 0.6) is 0 Å². The van der Waals surface area contributed by atoms with Crippen LogP contribution in [0.4, 0.5) is 0 Å². The van der Waals surface area contributed by atoms with Gasteiger partial charge in [-0.1, -0.05) is 37.3 Å². The molecule has 1 aromatic rings. The number of carbonyl (C=O) groups excluding carboxylic acids is 1. The zero-order chi connectivity index (χ0) is 14.7. The zero-order valence-electron chi connectivity index (χ0n) is 13.0. The Labute approximate surface area is 126 Å². The van der Waals surface area contributed by atoms with Crippen molar-refractivity contribution in [3.63, 3.8) is 0 Å². The van der Waals surface area contributed by atoms with Gasteiger partial charge in [0.15, 0.2) is 5.76 Å². The molecule has 116 valence electrons. The van der Waals surface area contributed by atoms with Crippen molar-refractivity contribution in [1.82, 2.24) is 10.1 Å². The zero-order valence-corrected chi connectivity index (χ0v) is 13.0. The van der Waals surface area contributed by atoms with E-state index in [4.69, 9.17) is 4.52 Å². The first-order valence-corrected chi connectivity index (χ1v) is 8.49. The fourth-order valence-electron chi connectivity index (χ4n) is 3.79. The van der Waals surface area contributed by atoms with Gasteiger partial charge in [-0.25, -0.2) is 0 Å². The maximum Gasteiger partial charge on any atom is 0.226 e. The van der Waals surface area contributed by atoms with Crippen LogP contribution in [0.15, 0.2) is 10.6 Å². The molecule has 0 bridgehead atoms. The van der Waals surface area contributed by atoms with Gasteiger partial charge in [0, 0.05) is 18.5 Å². The lowest BCUT2D eigenvalue weighted by Gasteiger charge is -2.33. The first-order valence-electron chi connectivity index (χ1n) is 8.49. The van der Waals surface area contributed by atoms with Crippen LogP contribution in [0.3, 0.4) is 0 Å². The summed E-state index contributed by atoms with van der Waals surface area (Å²) >= 11 is 0. The second-order valence-electron chi connectivity index (χ2n) is 6.60. The first-order chi connectivity index (χ1) is 10.3. The smallest absolute Gasteiger partial charge is 0.226 e. The molecule has 0 N–H and O–H groups in total. The predicted octanol–water partition coefficient (Wildman–Crippen LogP) is 4.01. The fraction of sp³-hybridized carbons (Fsp3) is 0.765. The van der Waals surface area contributed by atoms with Gasteiger partial charge in [-0.2, -0.15) is 0 Å². The number of rotatable bonds is 2. The summed E-state index contributed by atoms with van der Waals surface area (Å²) in [6, 6.07) is 2.10. The molecule has 1 amide bonds. The number of likely N-dealkylation sites (tertiary alicyclic amines) is 1. The van der Waals surface area contributed by atoms with Gasteiger partial charge in [0.05, 0.1) is 11.7 Å². The van der Waals surface area contributed by atoms with Crippen LogP contribution >= 0.6 is 0 Å². The van der Waals surface area contributed by atoms with Crippen LogP contribution < -0.4 is 0 Å². The minimum atomic E-state index is 0.100. The molecule has 0 radical (unpaired) electrons. The third kappa shape index (κ3) is 3.30. The molecule has 0 spiro atoms. The molecule has 2 fully saturated rings. The lowest BCUT2D eigenvalue weighted by atomic mass is 9.87. The van der Waals surface area contributed by atoms with E-state index in [0.717, 1.165) is 43.7 Å². The summed E-state index contributed by atoms with van der Waals surface area (Å²) in [4.78, 5) is 15.1. The lowest BCUT2D eigenvalue weighted by Crippen LogP contribution is -2.39. The molecule has 1 saturated carbocycles. The Morgan fingerprint density at radius 3 is 2.57 bits per heavy atom. The molecule has 1 aromatic heterocycles. The number of hydrogen-bond acceptors (Lipinski definition) is 3. The van der Waals surface area contributed by atoms with Gasteiger partial charge >= 0.3 is 0 Å². The van der Waals surface area contributed by atoms with E-state index < -0.39 is 0 Å². The van der Waals surface area contributed by atoms with E-state index in [9.17, 15) is 4.79 Å². The molecule has 4 nitrogen and oxygen atoms in total. The molecular weight excluding hydrogens is 264 g/mol. The molecule has 4 heteroatoms. The Morgan fingerprint density at radius 1 is 1.14 bits per heavy atom. The van der Waals surface area contributed by atoms with E-state index in [1.165, 1.54) is 32.1 Å². The molecule has 1 atom stereocenters. The predicted molar refractivity (Wildman–Crippen MR) is 80.7 cm³/mol. The summed E-state index contributed by atoms with van der Waals surface area (Å²) in [5.74, 6) is 1.47. The van der Waals surface area contributed by atoms with Crippen molar-refractivity contribution in [2.45, 2.75) is 70.8 Å². The van der Waals surface area contributed by atoms with Gasteiger partial charge in [-0.15, -0.1) is 0 Å². The summed E-state index contributed by atoms with van der Waals surface area (Å²) in [5.41, 5.74) is 0.902. The molecule has 3 rings (SSSR count). The number of carbonyl (C=O) groups is 1. The van der Waals surface area contributed by atoms with Gasteiger partial charge in [-0.05, 0) is 32.6 Å². The summed E-state index contributed by atoms with van der Waals surface area (Å²) < 4.78 is 5.48. The van der Waals surface area contributed by atoms with Crippen molar-refractivity contribution in [1.29, 1.82) is 0 Å². The molecule has 1 aliphatic carbocycles. The monoisotopic (exact) mass is 290 g/mol. The summed E-state index contributed by atoms with van der Waals surface area (Å²) in [6.45, 7) is 2.82. The third-order valence-electron chi connectivity index (χ3n) is 4.96. The molecular formula is C17H26N2O2. The van der Waals surface area contributed by atoms with E-state index >= 15 is 0 Å². The van der Waals surface area contributed by atoms with Crippen LogP contribution in [0, 0.1) is 12.8 Å². The second-order valence-corrected chi connectivity index (χ2v) is 6.60. The molecule has 2 aliphatic rings. The standard InChI is InChI=1S/C17H26N2O2/c1-13-12-16(21-18-13)15-10-6-3-7-11-19(15)17(20)14-8-4-2-5-9-14/h12,14-15H,2-11H2,1H3/t15-/m1/s1. The largest absolute Gasteiger partial charge is 0.359 e. The van der Waals surface area contributed by atoms with Gasteiger partial charge in [-0.3, -0.25) is 4.79 Å². The highest BCUT2D eigenvalue weighted by Gasteiger charge is 2.33. The van der Waals surface area contributed by atoms with Crippen molar-refractivity contribution in [2.24, 2.45) is 5.92 Å². The van der Waals surface area contributed by atoms with Crippen LogP contribution in [0.1, 0.15) is 75.3 Å². The fourth-order valence-corrected chi connectivity index (χ4v) is 3.79. The Hall–Kier alpha value is -1.32. The summed E-state index contributed by atoms with van der Waals surface area (Å²) in [6.07, 6.45) is 10.3. The van der Waals surface area contributed by atoms with Gasteiger partial charge in [0.2, 0.25) is 5.91 Å². The lowest BCUT2D eigenvalue weighted by molar-refractivity contribution is -0.139. The van der Waals surface area contributed by atoms with Crippen molar-refractivity contribution in [2.75, 3.05) is 6.54 Å². The van der Waals surface area contributed by atoms with E-state index in [-0.39, 0.29) is 12.0 Å². The Balaban J connectivity index is 1.79. The number of amides is 1. The summed E-state index contributed by atoms with van der Waals surface area (Å²) in [7, 11) is 0. The van der Waals surface area contributed by atoms with Gasteiger partial charge in [0.1, 0.15) is 0 Å². The highest BCUT2D eigenvalue weighted by Crippen LogP contribution is 2.34. The van der Waals surface area contributed by atoms with Crippen molar-refractivity contribution < 1.29 is 9.32 Å². The number of aryl methyl sites for hydroxylation is 1. The average molecular weight is 290 g/mol. The normalized spacial score (nSPS) is 24.8. The minimum Gasteiger partial charge on any atom is -0.359 e. The quantitative estimate of drug-likeness (QED) is 0.827. The van der Waals surface area contributed by atoms with Gasteiger partial charge < -0.3 is 9.42 Å². The highest BCUT2D eigenvalue weighted by molar-refractivity contribution is 5.79. The van der Waals surface area contributed by atoms with Crippen molar-refractivity contribution in [3.8, 4) is 0 Å². The molecule has 21 heavy (non-hydrogen) atoms. The van der Waals surface area contributed by atoms with Crippen molar-refractivity contribution >= 4 is 5.91 Å². The molecule has 1 saturated heterocycles. The van der Waals surface area contributed by atoms with Crippen LogP contribution in [0.25, 0.3) is 0 Å². The molecule has 2 heterocycles. The van der Waals surface area contributed by atoms with E-state index in [0.29, 0.717) is 5.91 Å². The van der Waals surface area contributed by atoms with Crippen molar-refractivity contribution in [3.05, 3.63) is 17.5 Å². The Kier molecular flexibility index (Phi) is 4.61. The minimum absolute atomic E-state index is 0.100. The Morgan fingerprint density at radius 2 is 1.86 bits per heavy atom. The number of aromatic nitrogens is 1. The van der Waals surface area contributed by atoms with Crippen LogP contribution in [0.2, 0.25) is 0 Å². The Bertz CT molecular complexity index is 477. The highest BCUT2D eigenvalue weighted by atomic mass is 16.5. The maximum absolute atomic E-state index is 13.0. The molecule has 0 aromatic carbocycles. The third-order valence-corrected chi connectivity index (χ3v) is 4.96. The maximum atomic E-state index is 13.0. The summed E-state index contributed by atoms with van der Waals surface area (Å²) in [5, 5.41) is 4.02. The molecule has 0 unspecified atom stereocenters. The second kappa shape index (κ2) is 6.63. The van der Waals surface area contributed by atoms with Crippen LogP contribution in [-0.4, -0.2) is 22.5 Å². The van der Waals surface area contributed by atoms with E-state index in [1.807, 2.05) is 13.0 Å². The van der Waals surface area contributed by atoms with E-state index in [2.05, 4.69) is 10.1 Å². The molecule has 1 aliphatic heterocycles. The van der Waals surface area contributed by atoms with Crippen LogP contribution in [-0.2, 0) is 4.79 Å². The number of hydrogen-bond donors (Lipinski definition) is 0. The van der Waals surface area contributed by atoms with Gasteiger partial charge in [0.25, 0.3) is 0 Å². The average Bonchev–Trinajstić information content (AvgIpc) is 2.80. The number of nitrogens with zero attached hydrogens (tertiary/aromatic N) is 2. The van der Waals surface area contributed by atoms with E-state index in [1.54, 1.807) is 0 Å². The topological polar surface area (TPSA) is 46.3 Å². The first kappa shape index (κ1) is 14.6.